The van der Waals surface area contributed by atoms with Gasteiger partial charge in [-0.2, -0.15) is 5.26 Å². The fourth-order valence-electron chi connectivity index (χ4n) is 4.82. The number of β-amino-alcohol motifs (C(OH)–C–C–N with tert-alkyl or cyclic N) is 1. The van der Waals surface area contributed by atoms with Gasteiger partial charge >= 0.3 is 0 Å². The topological polar surface area (TPSA) is 135 Å². The quantitative estimate of drug-likeness (QED) is 0.497. The largest absolute Gasteiger partial charge is 0.391 e. The molecule has 9 nitrogen and oxygen atoms in total. The number of amides is 3. The highest BCUT2D eigenvalue weighted by atomic mass is 32.1. The second-order valence-electron chi connectivity index (χ2n) is 11.5. The third-order valence-corrected chi connectivity index (χ3v) is 8.43. The van der Waals surface area contributed by atoms with E-state index in [4.69, 9.17) is 0 Å². The van der Waals surface area contributed by atoms with Crippen LogP contribution in [0.2, 0.25) is 0 Å². The Morgan fingerprint density at radius 3 is 2.55 bits per heavy atom. The van der Waals surface area contributed by atoms with Crippen LogP contribution in [0.3, 0.4) is 0 Å². The third kappa shape index (κ3) is 5.59. The highest BCUT2D eigenvalue weighted by Crippen LogP contribution is 2.45. The number of aryl methyl sites for hydroxylation is 2. The zero-order valence-electron chi connectivity index (χ0n) is 22.5. The van der Waals surface area contributed by atoms with E-state index in [0.717, 1.165) is 27.3 Å². The number of nitriles is 1. The fraction of sp³-hybridized carbons (Fsp3) is 0.536. The molecule has 4 rings (SSSR count). The number of nitrogens with zero attached hydrogens (tertiary/aromatic N) is 3. The van der Waals surface area contributed by atoms with E-state index in [1.807, 2.05) is 52.3 Å². The van der Waals surface area contributed by atoms with Gasteiger partial charge in [-0.1, -0.05) is 39.0 Å². The number of benzene rings is 1. The van der Waals surface area contributed by atoms with Crippen LogP contribution in [0.15, 0.2) is 23.7 Å². The van der Waals surface area contributed by atoms with Crippen LogP contribution in [0.4, 0.5) is 0 Å². The Hall–Kier alpha value is -3.29. The summed E-state index contributed by atoms with van der Waals surface area (Å²) in [5.74, 6) is -1.25. The van der Waals surface area contributed by atoms with Crippen molar-refractivity contribution in [2.24, 2.45) is 10.8 Å². The summed E-state index contributed by atoms with van der Waals surface area (Å²) in [7, 11) is 0. The van der Waals surface area contributed by atoms with E-state index in [0.29, 0.717) is 12.8 Å². The van der Waals surface area contributed by atoms with Gasteiger partial charge in [-0.15, -0.1) is 11.3 Å². The minimum Gasteiger partial charge on any atom is -0.391 e. The number of hydrogen-bond acceptors (Lipinski definition) is 7. The van der Waals surface area contributed by atoms with Crippen LogP contribution in [0, 0.1) is 36.0 Å². The number of hydrogen-bond donors (Lipinski definition) is 3. The third-order valence-electron chi connectivity index (χ3n) is 7.46. The molecule has 0 radical (unpaired) electrons. The van der Waals surface area contributed by atoms with Crippen LogP contribution in [0.1, 0.15) is 56.9 Å². The van der Waals surface area contributed by atoms with Gasteiger partial charge < -0.3 is 20.6 Å². The van der Waals surface area contributed by atoms with Gasteiger partial charge in [0.25, 0.3) is 0 Å². The molecule has 1 aliphatic heterocycles. The van der Waals surface area contributed by atoms with Crippen molar-refractivity contribution in [1.29, 1.82) is 5.26 Å². The number of thiazole rings is 1. The average Bonchev–Trinajstić information content (AvgIpc) is 3.40. The van der Waals surface area contributed by atoms with Gasteiger partial charge in [0.1, 0.15) is 17.5 Å². The lowest BCUT2D eigenvalue weighted by Crippen LogP contribution is -2.58. The van der Waals surface area contributed by atoms with Crippen LogP contribution >= 0.6 is 11.3 Å². The number of likely N-dealkylation sites (tertiary alicyclic amines) is 1. The Labute approximate surface area is 227 Å². The summed E-state index contributed by atoms with van der Waals surface area (Å²) < 4.78 is 0. The maximum Gasteiger partial charge on any atom is 0.246 e. The predicted molar refractivity (Wildman–Crippen MR) is 144 cm³/mol. The van der Waals surface area contributed by atoms with Gasteiger partial charge in [0.15, 0.2) is 0 Å². The maximum atomic E-state index is 13.7. The standard InChI is InChI=1S/C28H35N5O4S/c1-16-10-18(22-17(2)31-15-38-22)6-7-19(16)12-30-24(35)21-11-20(34)13-33(21)25(36)23(27(3,4)5)32-26(37)28(14-29)8-9-28/h6-7,10,15,20-21,23,34H,8-9,11-13H2,1-5H3,(H,30,35)(H,32,37)/t20-,21?,23-/m1/s1. The Kier molecular flexibility index (Phi) is 7.64. The van der Waals surface area contributed by atoms with Gasteiger partial charge in [0.05, 0.1) is 28.3 Å². The SMILES string of the molecule is Cc1cc(-c2scnc2C)ccc1CNC(=O)C1C[C@@H](O)CN1C(=O)[C@@H](NC(=O)C1(C#N)CC1)C(C)(C)C. The molecule has 1 aromatic carbocycles. The lowest BCUT2D eigenvalue weighted by molar-refractivity contribution is -0.144. The van der Waals surface area contributed by atoms with Crippen molar-refractivity contribution in [3.63, 3.8) is 0 Å². The van der Waals surface area contributed by atoms with E-state index >= 15 is 0 Å². The number of aliphatic hydroxyl groups is 1. The Morgan fingerprint density at radius 1 is 1.29 bits per heavy atom. The van der Waals surface area contributed by atoms with Gasteiger partial charge in [0.2, 0.25) is 17.7 Å². The van der Waals surface area contributed by atoms with E-state index in [2.05, 4.69) is 27.8 Å². The number of carbonyl (C=O) groups is 3. The molecular formula is C28H35N5O4S. The van der Waals surface area contributed by atoms with Crippen LogP contribution in [0.5, 0.6) is 0 Å². The number of aromatic nitrogens is 1. The van der Waals surface area contributed by atoms with Crippen molar-refractivity contribution in [2.75, 3.05) is 6.54 Å². The highest BCUT2D eigenvalue weighted by Gasteiger charge is 2.53. The fourth-order valence-corrected chi connectivity index (χ4v) is 5.62. The minimum absolute atomic E-state index is 0.00465. The molecule has 2 fully saturated rings. The molecule has 3 N–H and O–H groups in total. The normalized spacial score (nSPS) is 20.9. The molecule has 1 aromatic heterocycles. The number of aliphatic hydroxyl groups excluding tert-OH is 1. The molecule has 2 aromatic rings. The Bertz CT molecular complexity index is 1290. The molecule has 3 atom stereocenters. The summed E-state index contributed by atoms with van der Waals surface area (Å²) in [6.45, 7) is 9.72. The summed E-state index contributed by atoms with van der Waals surface area (Å²) in [4.78, 5) is 46.5. The molecule has 202 valence electrons. The van der Waals surface area contributed by atoms with Gasteiger partial charge in [-0.3, -0.25) is 14.4 Å². The number of nitrogens with one attached hydrogen (secondary N) is 2. The molecule has 0 bridgehead atoms. The van der Waals surface area contributed by atoms with Gasteiger partial charge in [-0.05, 0) is 48.8 Å². The molecule has 2 heterocycles. The van der Waals surface area contributed by atoms with E-state index in [1.165, 1.54) is 4.90 Å². The lowest BCUT2D eigenvalue weighted by atomic mass is 9.85. The van der Waals surface area contributed by atoms with Crippen LogP contribution < -0.4 is 10.6 Å². The molecular weight excluding hydrogens is 502 g/mol. The van der Waals surface area contributed by atoms with Crippen molar-refractivity contribution in [3.8, 4) is 16.5 Å². The lowest BCUT2D eigenvalue weighted by Gasteiger charge is -2.35. The van der Waals surface area contributed by atoms with E-state index in [9.17, 15) is 24.8 Å². The first-order valence-electron chi connectivity index (χ1n) is 12.8. The van der Waals surface area contributed by atoms with E-state index in [1.54, 1.807) is 11.3 Å². The van der Waals surface area contributed by atoms with Crippen LogP contribution in [0.25, 0.3) is 10.4 Å². The molecule has 1 saturated heterocycles. The molecule has 1 aliphatic carbocycles. The van der Waals surface area contributed by atoms with Crippen molar-refractivity contribution in [2.45, 2.75) is 78.6 Å². The van der Waals surface area contributed by atoms with E-state index < -0.39 is 40.8 Å². The Balaban J connectivity index is 1.45. The van der Waals surface area contributed by atoms with Gasteiger partial charge in [-0.25, -0.2) is 4.98 Å². The second kappa shape index (κ2) is 10.5. The van der Waals surface area contributed by atoms with E-state index in [-0.39, 0.29) is 25.4 Å². The molecule has 10 heteroatoms. The molecule has 0 spiro atoms. The zero-order valence-corrected chi connectivity index (χ0v) is 23.3. The van der Waals surface area contributed by atoms with Crippen LogP contribution in [-0.4, -0.2) is 57.4 Å². The number of rotatable bonds is 7. The average molecular weight is 538 g/mol. The maximum absolute atomic E-state index is 13.7. The smallest absolute Gasteiger partial charge is 0.246 e. The summed E-state index contributed by atoms with van der Waals surface area (Å²) in [6, 6.07) is 6.32. The van der Waals surface area contributed by atoms with Crippen molar-refractivity contribution in [1.82, 2.24) is 20.5 Å². The molecule has 2 aliphatic rings. The van der Waals surface area contributed by atoms with Gasteiger partial charge in [0, 0.05) is 19.5 Å². The van der Waals surface area contributed by atoms with Crippen molar-refractivity contribution >= 4 is 29.1 Å². The first kappa shape index (κ1) is 27.7. The van der Waals surface area contributed by atoms with Crippen LogP contribution in [-0.2, 0) is 20.9 Å². The predicted octanol–water partition coefficient (Wildman–Crippen LogP) is 2.84. The minimum atomic E-state index is -1.07. The summed E-state index contributed by atoms with van der Waals surface area (Å²) >= 11 is 1.58. The summed E-state index contributed by atoms with van der Waals surface area (Å²) in [6.07, 6.45) is 0.215. The first-order valence-corrected chi connectivity index (χ1v) is 13.7. The molecule has 3 amide bonds. The molecule has 38 heavy (non-hydrogen) atoms. The Morgan fingerprint density at radius 2 is 2.00 bits per heavy atom. The summed E-state index contributed by atoms with van der Waals surface area (Å²) in [5, 5.41) is 25.5. The zero-order chi connectivity index (χ0) is 27.8. The number of carbonyl (C=O) groups excluding carboxylic acids is 3. The van der Waals surface area contributed by atoms with Crippen molar-refractivity contribution < 1.29 is 19.5 Å². The summed E-state index contributed by atoms with van der Waals surface area (Å²) in [5.41, 5.74) is 4.11. The van der Waals surface area contributed by atoms with Crippen molar-refractivity contribution in [3.05, 3.63) is 40.5 Å². The first-order chi connectivity index (χ1) is 17.9. The molecule has 1 saturated carbocycles. The highest BCUT2D eigenvalue weighted by molar-refractivity contribution is 7.13. The molecule has 1 unspecified atom stereocenters. The second-order valence-corrected chi connectivity index (χ2v) is 12.3. The monoisotopic (exact) mass is 537 g/mol.